The Labute approximate surface area is 160 Å². The van der Waals surface area contributed by atoms with Crippen molar-refractivity contribution in [1.29, 1.82) is 0 Å². The summed E-state index contributed by atoms with van der Waals surface area (Å²) in [6, 6.07) is 8.08. The molecule has 0 aliphatic carbocycles. The molecule has 3 rings (SSSR count). The van der Waals surface area contributed by atoms with Crippen molar-refractivity contribution in [2.75, 3.05) is 42.9 Å². The van der Waals surface area contributed by atoms with Gasteiger partial charge in [-0.25, -0.2) is 9.37 Å². The number of alkyl halides is 3. The molecule has 2 heterocycles. The minimum absolute atomic E-state index is 0.158. The molecule has 1 N–H and O–H groups in total. The van der Waals surface area contributed by atoms with Crippen molar-refractivity contribution in [3.8, 4) is 0 Å². The van der Waals surface area contributed by atoms with E-state index in [1.807, 2.05) is 9.80 Å². The van der Waals surface area contributed by atoms with Crippen molar-refractivity contribution in [2.45, 2.75) is 12.6 Å². The van der Waals surface area contributed by atoms with Gasteiger partial charge in [-0.05, 0) is 36.8 Å². The molecule has 0 bridgehead atoms. The van der Waals surface area contributed by atoms with Gasteiger partial charge in [0, 0.05) is 38.1 Å². The molecule has 1 aliphatic rings. The Balaban J connectivity index is 1.54. The largest absolute Gasteiger partial charge is 0.417 e. The molecule has 1 saturated heterocycles. The third-order valence-electron chi connectivity index (χ3n) is 4.46. The molecule has 9 heteroatoms. The van der Waals surface area contributed by atoms with E-state index in [9.17, 15) is 22.4 Å². The first-order valence-corrected chi connectivity index (χ1v) is 8.87. The van der Waals surface area contributed by atoms with Crippen LogP contribution in [0.25, 0.3) is 0 Å². The van der Waals surface area contributed by atoms with Gasteiger partial charge in [-0.15, -0.1) is 0 Å². The van der Waals surface area contributed by atoms with E-state index in [0.717, 1.165) is 18.7 Å². The van der Waals surface area contributed by atoms with E-state index in [1.165, 1.54) is 24.3 Å². The fourth-order valence-electron chi connectivity index (χ4n) is 3.07. The van der Waals surface area contributed by atoms with Gasteiger partial charge in [0.15, 0.2) is 0 Å². The number of amides is 1. The smallest absolute Gasteiger partial charge is 0.355 e. The monoisotopic (exact) mass is 396 g/mol. The van der Waals surface area contributed by atoms with Gasteiger partial charge in [-0.2, -0.15) is 13.2 Å². The summed E-state index contributed by atoms with van der Waals surface area (Å²) in [6.07, 6.45) is -2.82. The van der Waals surface area contributed by atoms with Gasteiger partial charge in [-0.3, -0.25) is 9.69 Å². The molecular formula is C19H20F4N4O. The minimum atomic E-state index is -4.41. The zero-order valence-electron chi connectivity index (χ0n) is 15.0. The van der Waals surface area contributed by atoms with Crippen LogP contribution in [0.5, 0.6) is 0 Å². The van der Waals surface area contributed by atoms with Gasteiger partial charge in [0.2, 0.25) is 5.91 Å². The Hall–Kier alpha value is -2.68. The molecule has 0 spiro atoms. The van der Waals surface area contributed by atoms with Gasteiger partial charge in [0.1, 0.15) is 11.6 Å². The minimum Gasteiger partial charge on any atom is -0.355 e. The van der Waals surface area contributed by atoms with Crippen molar-refractivity contribution in [3.05, 3.63) is 54.0 Å². The van der Waals surface area contributed by atoms with Crippen LogP contribution < -0.4 is 10.2 Å². The molecule has 0 saturated carbocycles. The number of rotatable bonds is 4. The van der Waals surface area contributed by atoms with Crippen LogP contribution in [-0.2, 0) is 11.0 Å². The van der Waals surface area contributed by atoms with Crippen LogP contribution in [0.1, 0.15) is 12.0 Å². The van der Waals surface area contributed by atoms with Crippen molar-refractivity contribution in [3.63, 3.8) is 0 Å². The summed E-state index contributed by atoms with van der Waals surface area (Å²) in [5.74, 6) is -0.182. The van der Waals surface area contributed by atoms with E-state index in [0.29, 0.717) is 37.7 Å². The molecule has 5 nitrogen and oxygen atoms in total. The second kappa shape index (κ2) is 8.55. The Kier molecular flexibility index (Phi) is 6.13. The number of carbonyl (C=O) groups is 1. The van der Waals surface area contributed by atoms with E-state index < -0.39 is 17.6 Å². The number of hydrogen-bond acceptors (Lipinski definition) is 4. The second-order valence-corrected chi connectivity index (χ2v) is 6.58. The Morgan fingerprint density at radius 2 is 1.93 bits per heavy atom. The maximum absolute atomic E-state index is 13.2. The number of anilines is 2. The van der Waals surface area contributed by atoms with Gasteiger partial charge >= 0.3 is 6.18 Å². The fourth-order valence-corrected chi connectivity index (χ4v) is 3.07. The fraction of sp³-hybridized carbons (Fsp3) is 0.368. The van der Waals surface area contributed by atoms with Crippen LogP contribution in [0.3, 0.4) is 0 Å². The third-order valence-corrected chi connectivity index (χ3v) is 4.46. The summed E-state index contributed by atoms with van der Waals surface area (Å²) >= 11 is 0. The molecule has 150 valence electrons. The average Bonchev–Trinajstić information content (AvgIpc) is 2.86. The highest BCUT2D eigenvalue weighted by Gasteiger charge is 2.31. The number of carbonyl (C=O) groups excluding carboxylic acids is 1. The lowest BCUT2D eigenvalue weighted by molar-refractivity contribution is -0.137. The van der Waals surface area contributed by atoms with Crippen molar-refractivity contribution in [1.82, 2.24) is 9.88 Å². The lowest BCUT2D eigenvalue weighted by Gasteiger charge is -2.22. The highest BCUT2D eigenvalue weighted by molar-refractivity contribution is 5.92. The predicted molar refractivity (Wildman–Crippen MR) is 97.5 cm³/mol. The molecule has 0 atom stereocenters. The highest BCUT2D eigenvalue weighted by atomic mass is 19.4. The summed E-state index contributed by atoms with van der Waals surface area (Å²) in [6.45, 7) is 2.59. The highest BCUT2D eigenvalue weighted by Crippen LogP contribution is 2.29. The molecular weight excluding hydrogens is 376 g/mol. The van der Waals surface area contributed by atoms with E-state index in [2.05, 4.69) is 10.3 Å². The predicted octanol–water partition coefficient (Wildman–Crippen LogP) is 3.39. The number of nitrogens with zero attached hydrogens (tertiary/aromatic N) is 3. The quantitative estimate of drug-likeness (QED) is 0.805. The molecule has 28 heavy (non-hydrogen) atoms. The van der Waals surface area contributed by atoms with E-state index in [4.69, 9.17) is 0 Å². The van der Waals surface area contributed by atoms with Crippen molar-refractivity contribution < 1.29 is 22.4 Å². The molecule has 1 aromatic heterocycles. The lowest BCUT2D eigenvalue weighted by atomic mass is 10.2. The summed E-state index contributed by atoms with van der Waals surface area (Å²) < 4.78 is 51.2. The molecule has 1 aromatic carbocycles. The average molecular weight is 396 g/mol. The zero-order valence-corrected chi connectivity index (χ0v) is 15.0. The van der Waals surface area contributed by atoms with Crippen LogP contribution in [0.4, 0.5) is 29.1 Å². The number of hydrogen-bond donors (Lipinski definition) is 1. The summed E-state index contributed by atoms with van der Waals surface area (Å²) in [4.78, 5) is 20.0. The maximum Gasteiger partial charge on any atom is 0.417 e. The maximum atomic E-state index is 13.2. The zero-order chi connectivity index (χ0) is 20.1. The third kappa shape index (κ3) is 5.41. The summed E-state index contributed by atoms with van der Waals surface area (Å²) in [5, 5.41) is 2.66. The molecule has 1 fully saturated rings. The molecule has 1 aliphatic heterocycles. The van der Waals surface area contributed by atoms with E-state index in [-0.39, 0.29) is 12.5 Å². The first-order chi connectivity index (χ1) is 13.3. The van der Waals surface area contributed by atoms with Crippen LogP contribution in [-0.4, -0.2) is 48.5 Å². The first kappa shape index (κ1) is 20.1. The van der Waals surface area contributed by atoms with Gasteiger partial charge in [0.05, 0.1) is 12.1 Å². The normalized spacial score (nSPS) is 15.9. The van der Waals surface area contributed by atoms with Crippen LogP contribution in [0, 0.1) is 5.82 Å². The Bertz CT molecular complexity index is 810. The molecule has 0 unspecified atom stereocenters. The lowest BCUT2D eigenvalue weighted by Crippen LogP contribution is -2.36. The number of nitrogens with one attached hydrogen (secondary N) is 1. The number of benzene rings is 1. The summed E-state index contributed by atoms with van der Waals surface area (Å²) in [7, 11) is 0. The van der Waals surface area contributed by atoms with Crippen molar-refractivity contribution >= 4 is 17.4 Å². The number of aromatic nitrogens is 1. The molecule has 1 amide bonds. The molecule has 2 aromatic rings. The van der Waals surface area contributed by atoms with Gasteiger partial charge in [0.25, 0.3) is 0 Å². The van der Waals surface area contributed by atoms with E-state index >= 15 is 0 Å². The summed E-state index contributed by atoms with van der Waals surface area (Å²) in [5.41, 5.74) is -0.378. The Morgan fingerprint density at radius 3 is 2.61 bits per heavy atom. The van der Waals surface area contributed by atoms with Crippen LogP contribution in [0.15, 0.2) is 42.6 Å². The van der Waals surface area contributed by atoms with Gasteiger partial charge < -0.3 is 10.2 Å². The molecule has 0 radical (unpaired) electrons. The van der Waals surface area contributed by atoms with Crippen LogP contribution >= 0.6 is 0 Å². The standard InChI is InChI=1S/C19H20F4N4O/c20-15-3-1-4-16(11-15)25-18(28)13-26-7-2-8-27(10-9-26)17-6-5-14(12-24-17)19(21,22)23/h1,3-6,11-12H,2,7-10,13H2,(H,25,28). The SMILES string of the molecule is O=C(CN1CCCN(c2ccc(C(F)(F)F)cn2)CC1)Nc1cccc(F)c1. The van der Waals surface area contributed by atoms with Gasteiger partial charge in [-0.1, -0.05) is 6.07 Å². The number of halogens is 4. The van der Waals surface area contributed by atoms with E-state index in [1.54, 1.807) is 6.07 Å². The topological polar surface area (TPSA) is 48.5 Å². The second-order valence-electron chi connectivity index (χ2n) is 6.58. The van der Waals surface area contributed by atoms with Crippen LogP contribution in [0.2, 0.25) is 0 Å². The Morgan fingerprint density at radius 1 is 1.11 bits per heavy atom. The van der Waals surface area contributed by atoms with Crippen molar-refractivity contribution in [2.24, 2.45) is 0 Å². The first-order valence-electron chi connectivity index (χ1n) is 8.87. The number of pyridine rings is 1.